The Morgan fingerprint density at radius 2 is 1.50 bits per heavy atom. The molecule has 0 aliphatic carbocycles. The second-order valence-corrected chi connectivity index (χ2v) is 1.44. The molecule has 0 spiro atoms. The number of ketones is 1. The maximum absolute atomic E-state index is 10.2. The van der Waals surface area contributed by atoms with Crippen LogP contribution < -0.4 is 0 Å². The summed E-state index contributed by atoms with van der Waals surface area (Å²) in [6, 6.07) is 0. The van der Waals surface area contributed by atoms with Crippen molar-refractivity contribution in [2.45, 2.75) is 13.8 Å². The number of Topliss-reactive ketones (excluding diaryl/α,β-unsaturated/α-hetero) is 1. The van der Waals surface area contributed by atoms with Crippen LogP contribution in [0.4, 0.5) is 0 Å². The van der Waals surface area contributed by atoms with E-state index in [1.807, 2.05) is 0 Å². The molecular weight excluding hydrogens is 225 g/mol. The SMILES string of the molecule is CC(=O)OC(=O)C(C)=O.[Ru]. The molecule has 0 aliphatic rings. The Kier molecular flexibility index (Phi) is 6.36. The van der Waals surface area contributed by atoms with Crippen molar-refractivity contribution in [1.82, 2.24) is 0 Å². The summed E-state index contributed by atoms with van der Waals surface area (Å²) in [5.74, 6) is -2.65. The minimum atomic E-state index is -1.11. The Morgan fingerprint density at radius 1 is 1.10 bits per heavy atom. The fourth-order valence-electron chi connectivity index (χ4n) is 0.202. The van der Waals surface area contributed by atoms with Gasteiger partial charge in [0.1, 0.15) is 0 Å². The third-order valence-electron chi connectivity index (χ3n) is 0.524. The zero-order valence-electron chi connectivity index (χ0n) is 5.49. The zero-order valence-corrected chi connectivity index (χ0v) is 7.22. The summed E-state index contributed by atoms with van der Waals surface area (Å²) in [5, 5.41) is 0. The molecule has 0 N–H and O–H groups in total. The molecular formula is C5H6O4Ru. The molecule has 0 radical (unpaired) electrons. The first-order valence-electron chi connectivity index (χ1n) is 2.27. The van der Waals surface area contributed by atoms with Gasteiger partial charge in [-0.25, -0.2) is 4.79 Å². The molecule has 0 atom stereocenters. The van der Waals surface area contributed by atoms with Crippen LogP contribution in [0.1, 0.15) is 13.8 Å². The molecule has 0 heterocycles. The topological polar surface area (TPSA) is 60.4 Å². The van der Waals surface area contributed by atoms with Crippen LogP contribution in [0.3, 0.4) is 0 Å². The standard InChI is InChI=1S/C5H6O4.Ru/c1-3(6)5(8)9-4(2)7;/h1-2H3;. The normalized spacial score (nSPS) is 7.40. The minimum absolute atomic E-state index is 0. The van der Waals surface area contributed by atoms with Gasteiger partial charge in [-0.1, -0.05) is 0 Å². The number of hydrogen-bond donors (Lipinski definition) is 0. The van der Waals surface area contributed by atoms with E-state index in [0.29, 0.717) is 0 Å². The van der Waals surface area contributed by atoms with E-state index in [-0.39, 0.29) is 19.5 Å². The predicted molar refractivity (Wildman–Crippen MR) is 27.5 cm³/mol. The van der Waals surface area contributed by atoms with Crippen LogP contribution in [-0.2, 0) is 38.6 Å². The van der Waals surface area contributed by atoms with E-state index in [1.165, 1.54) is 0 Å². The molecule has 0 aromatic rings. The maximum atomic E-state index is 10.2. The van der Waals surface area contributed by atoms with Crippen LogP contribution in [0.25, 0.3) is 0 Å². The molecule has 0 amide bonds. The van der Waals surface area contributed by atoms with E-state index in [4.69, 9.17) is 0 Å². The Hall–Kier alpha value is -0.567. The fourth-order valence-corrected chi connectivity index (χ4v) is 0.202. The monoisotopic (exact) mass is 232 g/mol. The molecule has 0 fully saturated rings. The van der Waals surface area contributed by atoms with Crippen molar-refractivity contribution in [2.24, 2.45) is 0 Å². The first-order valence-corrected chi connectivity index (χ1v) is 2.27. The van der Waals surface area contributed by atoms with E-state index < -0.39 is 17.7 Å². The van der Waals surface area contributed by atoms with Crippen molar-refractivity contribution >= 4 is 17.7 Å². The van der Waals surface area contributed by atoms with Gasteiger partial charge in [0.25, 0.3) is 0 Å². The van der Waals surface area contributed by atoms with Crippen LogP contribution in [0.15, 0.2) is 0 Å². The van der Waals surface area contributed by atoms with Gasteiger partial charge in [-0.15, -0.1) is 0 Å². The van der Waals surface area contributed by atoms with Gasteiger partial charge < -0.3 is 4.74 Å². The predicted octanol–water partition coefficient (Wildman–Crippen LogP) is -0.337. The third-order valence-corrected chi connectivity index (χ3v) is 0.524. The summed E-state index contributed by atoms with van der Waals surface area (Å²) in [5.41, 5.74) is 0. The second kappa shape index (κ2) is 5.24. The first-order chi connectivity index (χ1) is 4.04. The van der Waals surface area contributed by atoms with Gasteiger partial charge in [-0.3, -0.25) is 9.59 Å². The van der Waals surface area contributed by atoms with Crippen molar-refractivity contribution in [3.8, 4) is 0 Å². The molecule has 0 aromatic heterocycles. The summed E-state index contributed by atoms with van der Waals surface area (Å²) in [6.07, 6.45) is 0. The van der Waals surface area contributed by atoms with Gasteiger partial charge in [0.05, 0.1) is 0 Å². The summed E-state index contributed by atoms with van der Waals surface area (Å²) in [6.45, 7) is 2.09. The van der Waals surface area contributed by atoms with E-state index in [1.54, 1.807) is 0 Å². The fraction of sp³-hybridized carbons (Fsp3) is 0.400. The van der Waals surface area contributed by atoms with Crippen LogP contribution in [-0.4, -0.2) is 17.7 Å². The Labute approximate surface area is 70.7 Å². The summed E-state index contributed by atoms with van der Waals surface area (Å²) < 4.78 is 3.88. The second-order valence-electron chi connectivity index (χ2n) is 1.44. The summed E-state index contributed by atoms with van der Waals surface area (Å²) >= 11 is 0. The van der Waals surface area contributed by atoms with E-state index in [0.717, 1.165) is 13.8 Å². The van der Waals surface area contributed by atoms with Gasteiger partial charge in [0, 0.05) is 33.3 Å². The molecule has 0 unspecified atom stereocenters. The largest absolute Gasteiger partial charge is 0.387 e. The number of carbonyl (C=O) groups excluding carboxylic acids is 3. The van der Waals surface area contributed by atoms with Crippen molar-refractivity contribution in [1.29, 1.82) is 0 Å². The molecule has 58 valence electrons. The van der Waals surface area contributed by atoms with Crippen LogP contribution in [0, 0.1) is 0 Å². The average Bonchev–Trinajstić information content (AvgIpc) is 1.63. The molecule has 10 heavy (non-hydrogen) atoms. The molecule has 5 heteroatoms. The average molecular weight is 231 g/mol. The minimum Gasteiger partial charge on any atom is -0.387 e. The zero-order chi connectivity index (χ0) is 7.44. The quantitative estimate of drug-likeness (QED) is 0.268. The van der Waals surface area contributed by atoms with E-state index >= 15 is 0 Å². The number of ether oxygens (including phenoxy) is 1. The van der Waals surface area contributed by atoms with Gasteiger partial charge in [0.15, 0.2) is 0 Å². The maximum Gasteiger partial charge on any atom is 0.381 e. The first kappa shape index (κ1) is 12.1. The molecule has 0 saturated heterocycles. The number of hydrogen-bond acceptors (Lipinski definition) is 4. The summed E-state index contributed by atoms with van der Waals surface area (Å²) in [4.78, 5) is 30.2. The van der Waals surface area contributed by atoms with Crippen LogP contribution in [0.2, 0.25) is 0 Å². The Morgan fingerprint density at radius 3 is 1.60 bits per heavy atom. The van der Waals surface area contributed by atoms with Crippen molar-refractivity contribution in [2.75, 3.05) is 0 Å². The molecule has 0 bridgehead atoms. The molecule has 0 saturated carbocycles. The molecule has 0 rings (SSSR count). The Balaban J connectivity index is 0. The van der Waals surface area contributed by atoms with Gasteiger partial charge in [0.2, 0.25) is 5.78 Å². The van der Waals surface area contributed by atoms with Gasteiger partial charge in [-0.2, -0.15) is 0 Å². The smallest absolute Gasteiger partial charge is 0.381 e. The number of esters is 2. The Bertz CT molecular complexity index is 163. The molecule has 0 aliphatic heterocycles. The van der Waals surface area contributed by atoms with Crippen molar-refractivity contribution < 1.29 is 38.6 Å². The van der Waals surface area contributed by atoms with E-state index in [2.05, 4.69) is 4.74 Å². The third kappa shape index (κ3) is 5.57. The number of rotatable bonds is 1. The summed E-state index contributed by atoms with van der Waals surface area (Å²) in [7, 11) is 0. The number of carbonyl (C=O) groups is 3. The molecule has 0 aromatic carbocycles. The van der Waals surface area contributed by atoms with E-state index in [9.17, 15) is 14.4 Å². The van der Waals surface area contributed by atoms with Crippen LogP contribution in [0.5, 0.6) is 0 Å². The van der Waals surface area contributed by atoms with Gasteiger partial charge >= 0.3 is 11.9 Å². The van der Waals surface area contributed by atoms with Crippen LogP contribution >= 0.6 is 0 Å². The molecule has 4 nitrogen and oxygen atoms in total. The van der Waals surface area contributed by atoms with Gasteiger partial charge in [-0.05, 0) is 0 Å². The van der Waals surface area contributed by atoms with Crippen molar-refractivity contribution in [3.05, 3.63) is 0 Å². The van der Waals surface area contributed by atoms with Crippen molar-refractivity contribution in [3.63, 3.8) is 0 Å².